The van der Waals surface area contributed by atoms with Gasteiger partial charge in [-0.1, -0.05) is 32.6 Å². The molecule has 0 aromatic heterocycles. The number of nitrogens with zero attached hydrogens (tertiary/aromatic N) is 2. The molecule has 1 heterocycles. The summed E-state index contributed by atoms with van der Waals surface area (Å²) >= 11 is 0. The van der Waals surface area contributed by atoms with Crippen LogP contribution in [0.25, 0.3) is 0 Å². The van der Waals surface area contributed by atoms with Crippen molar-refractivity contribution in [3.05, 3.63) is 54.1 Å². The summed E-state index contributed by atoms with van der Waals surface area (Å²) in [5.74, 6) is -3.40. The number of likely N-dealkylation sites (tertiary alicyclic amines) is 1. The van der Waals surface area contributed by atoms with E-state index < -0.39 is 33.5 Å². The van der Waals surface area contributed by atoms with Crippen LogP contribution in [0.1, 0.15) is 70.3 Å². The first-order chi connectivity index (χ1) is 20.5. The highest BCUT2D eigenvalue weighted by molar-refractivity contribution is 7.89. The van der Waals surface area contributed by atoms with Gasteiger partial charge in [0.1, 0.15) is 11.5 Å². The second kappa shape index (κ2) is 14.8. The van der Waals surface area contributed by atoms with Crippen LogP contribution in [0.4, 0.5) is 8.78 Å². The number of amides is 1. The van der Waals surface area contributed by atoms with Gasteiger partial charge in [0.05, 0.1) is 18.1 Å². The fraction of sp³-hybridized carbons (Fsp3) is 0.594. The zero-order valence-corrected chi connectivity index (χ0v) is 26.0. The molecule has 2 N–H and O–H groups in total. The summed E-state index contributed by atoms with van der Waals surface area (Å²) in [6.07, 6.45) is 8.48. The van der Waals surface area contributed by atoms with Crippen molar-refractivity contribution in [2.45, 2.75) is 87.6 Å². The van der Waals surface area contributed by atoms with Crippen molar-refractivity contribution in [2.75, 3.05) is 33.4 Å². The summed E-state index contributed by atoms with van der Waals surface area (Å²) in [6.45, 7) is 3.38. The molecule has 8 nitrogen and oxygen atoms in total. The van der Waals surface area contributed by atoms with Gasteiger partial charge in [-0.15, -0.1) is 0 Å². The third-order valence-corrected chi connectivity index (χ3v) is 10.3. The maximum atomic E-state index is 16.3. The standard InChI is InChI=1S/C32H45F2N3O5S/c1-3-4-22-41-27-12-10-25(11-13-27)32(33,34)30(31(38)37-20-18-26(35)19-21-37)36(2)43(39,40)29-16-14-28(15-17-29)42-23-24-8-6-5-7-9-24/h10-17,24,26,30H,3-9,18-23,35H2,1-2H3. The quantitative estimate of drug-likeness (QED) is 0.294. The lowest BCUT2D eigenvalue weighted by molar-refractivity contribution is -0.151. The number of alkyl halides is 2. The fourth-order valence-electron chi connectivity index (χ4n) is 5.68. The molecule has 4 rings (SSSR count). The molecule has 2 aliphatic rings. The Morgan fingerprint density at radius 3 is 2.16 bits per heavy atom. The number of nitrogens with two attached hydrogens (primary N) is 1. The molecule has 43 heavy (non-hydrogen) atoms. The molecule has 0 bridgehead atoms. The van der Waals surface area contributed by atoms with Gasteiger partial charge in [0.15, 0.2) is 6.04 Å². The Hall–Kier alpha value is -2.76. The molecule has 1 saturated carbocycles. The highest BCUT2D eigenvalue weighted by Crippen LogP contribution is 2.38. The Morgan fingerprint density at radius 1 is 0.977 bits per heavy atom. The van der Waals surface area contributed by atoms with E-state index in [2.05, 4.69) is 0 Å². The predicted octanol–water partition coefficient (Wildman–Crippen LogP) is 5.56. The smallest absolute Gasteiger partial charge is 0.298 e. The van der Waals surface area contributed by atoms with Crippen molar-refractivity contribution in [1.29, 1.82) is 0 Å². The molecule has 238 valence electrons. The van der Waals surface area contributed by atoms with Gasteiger partial charge in [0, 0.05) is 31.7 Å². The van der Waals surface area contributed by atoms with E-state index in [1.807, 2.05) is 6.92 Å². The molecule has 1 unspecified atom stereocenters. The van der Waals surface area contributed by atoms with Crippen molar-refractivity contribution >= 4 is 15.9 Å². The van der Waals surface area contributed by atoms with Crippen LogP contribution in [0.3, 0.4) is 0 Å². The first-order valence-corrected chi connectivity index (χ1v) is 16.8. The fourth-order valence-corrected chi connectivity index (χ4v) is 6.99. The van der Waals surface area contributed by atoms with Crippen LogP contribution in [0, 0.1) is 5.92 Å². The van der Waals surface area contributed by atoms with Crippen molar-refractivity contribution in [2.24, 2.45) is 11.7 Å². The van der Waals surface area contributed by atoms with E-state index in [4.69, 9.17) is 15.2 Å². The first kappa shape index (κ1) is 33.1. The summed E-state index contributed by atoms with van der Waals surface area (Å²) in [5, 5.41) is 0. The number of ether oxygens (including phenoxy) is 2. The highest BCUT2D eigenvalue weighted by atomic mass is 32.2. The SMILES string of the molecule is CCCCOc1ccc(C(F)(F)C(C(=O)N2CCC(N)CC2)N(C)S(=O)(=O)c2ccc(OCC3CCCCC3)cc2)cc1. The molecule has 11 heteroatoms. The van der Waals surface area contributed by atoms with Gasteiger partial charge in [-0.05, 0) is 86.6 Å². The van der Waals surface area contributed by atoms with Crippen molar-refractivity contribution in [3.8, 4) is 11.5 Å². The second-order valence-electron chi connectivity index (χ2n) is 11.7. The Balaban J connectivity index is 1.57. The van der Waals surface area contributed by atoms with Crippen LogP contribution < -0.4 is 15.2 Å². The third-order valence-electron chi connectivity index (χ3n) is 8.51. The summed E-state index contributed by atoms with van der Waals surface area (Å²) in [6, 6.07) is 8.50. The Labute approximate surface area is 254 Å². The second-order valence-corrected chi connectivity index (χ2v) is 13.7. The van der Waals surface area contributed by atoms with Crippen LogP contribution in [-0.4, -0.2) is 69.0 Å². The molecular formula is C32H45F2N3O5S. The zero-order chi connectivity index (χ0) is 31.0. The van der Waals surface area contributed by atoms with Crippen LogP contribution in [0.2, 0.25) is 0 Å². The minimum atomic E-state index is -4.50. The van der Waals surface area contributed by atoms with Crippen LogP contribution in [-0.2, 0) is 20.7 Å². The van der Waals surface area contributed by atoms with Gasteiger partial charge in [-0.25, -0.2) is 8.42 Å². The van der Waals surface area contributed by atoms with E-state index in [9.17, 15) is 13.2 Å². The monoisotopic (exact) mass is 621 g/mol. The minimum absolute atomic E-state index is 0.136. The van der Waals surface area contributed by atoms with Crippen LogP contribution in [0.15, 0.2) is 53.4 Å². The lowest BCUT2D eigenvalue weighted by Gasteiger charge is -2.38. The maximum Gasteiger partial charge on any atom is 0.298 e. The number of sulfonamides is 1. The predicted molar refractivity (Wildman–Crippen MR) is 162 cm³/mol. The number of halogens is 2. The van der Waals surface area contributed by atoms with Gasteiger partial charge in [-0.3, -0.25) is 4.79 Å². The average Bonchev–Trinajstić information content (AvgIpc) is 3.01. The Kier molecular flexibility index (Phi) is 11.4. The number of unbranched alkanes of at least 4 members (excludes halogenated alkanes) is 1. The molecule has 1 aliphatic heterocycles. The maximum absolute atomic E-state index is 16.3. The minimum Gasteiger partial charge on any atom is -0.494 e. The van der Waals surface area contributed by atoms with E-state index in [0.717, 1.165) is 32.7 Å². The summed E-state index contributed by atoms with van der Waals surface area (Å²) in [5.41, 5.74) is 5.50. The lowest BCUT2D eigenvalue weighted by atomic mass is 9.90. The third kappa shape index (κ3) is 8.25. The molecule has 0 radical (unpaired) electrons. The average molecular weight is 622 g/mol. The van der Waals surface area contributed by atoms with Gasteiger partial charge in [0.25, 0.3) is 5.92 Å². The summed E-state index contributed by atoms with van der Waals surface area (Å²) in [4.78, 5) is 14.8. The molecule has 2 fully saturated rings. The number of hydrogen-bond donors (Lipinski definition) is 1. The largest absolute Gasteiger partial charge is 0.494 e. The number of rotatable bonds is 13. The van der Waals surface area contributed by atoms with E-state index >= 15 is 8.78 Å². The molecule has 1 atom stereocenters. The van der Waals surface area contributed by atoms with Crippen LogP contribution in [0.5, 0.6) is 11.5 Å². The molecule has 0 spiro atoms. The normalized spacial score (nSPS) is 18.0. The lowest BCUT2D eigenvalue weighted by Crippen LogP contribution is -2.58. The van der Waals surface area contributed by atoms with Gasteiger partial charge < -0.3 is 20.1 Å². The molecule has 2 aromatic rings. The van der Waals surface area contributed by atoms with Crippen LogP contribution >= 0.6 is 0 Å². The van der Waals surface area contributed by atoms with Crippen molar-refractivity contribution < 1.29 is 31.5 Å². The Morgan fingerprint density at radius 2 is 1.56 bits per heavy atom. The number of carbonyl (C=O) groups is 1. The first-order valence-electron chi connectivity index (χ1n) is 15.4. The summed E-state index contributed by atoms with van der Waals surface area (Å²) < 4.78 is 72.2. The summed E-state index contributed by atoms with van der Waals surface area (Å²) in [7, 11) is -3.46. The van der Waals surface area contributed by atoms with E-state index in [1.54, 1.807) is 0 Å². The molecule has 1 saturated heterocycles. The number of carbonyl (C=O) groups excluding carboxylic acids is 1. The zero-order valence-electron chi connectivity index (χ0n) is 25.2. The molecule has 1 aliphatic carbocycles. The van der Waals surface area contributed by atoms with E-state index in [-0.39, 0.29) is 24.0 Å². The van der Waals surface area contributed by atoms with Crippen molar-refractivity contribution in [3.63, 3.8) is 0 Å². The van der Waals surface area contributed by atoms with E-state index in [1.165, 1.54) is 72.7 Å². The number of piperidine rings is 1. The van der Waals surface area contributed by atoms with Gasteiger partial charge >= 0.3 is 0 Å². The van der Waals surface area contributed by atoms with Crippen molar-refractivity contribution in [1.82, 2.24) is 9.21 Å². The molecular weight excluding hydrogens is 576 g/mol. The van der Waals surface area contributed by atoms with Gasteiger partial charge in [0.2, 0.25) is 15.9 Å². The molecule has 1 amide bonds. The molecule has 2 aromatic carbocycles. The number of hydrogen-bond acceptors (Lipinski definition) is 6. The number of benzene rings is 2. The number of likely N-dealkylation sites (N-methyl/N-ethyl adjacent to an activating group) is 1. The van der Waals surface area contributed by atoms with E-state index in [0.29, 0.717) is 47.8 Å². The Bertz CT molecular complexity index is 1280. The highest BCUT2D eigenvalue weighted by Gasteiger charge is 2.53. The topological polar surface area (TPSA) is 102 Å². The van der Waals surface area contributed by atoms with Gasteiger partial charge in [-0.2, -0.15) is 13.1 Å².